The first kappa shape index (κ1) is 11.3. The summed E-state index contributed by atoms with van der Waals surface area (Å²) in [5.41, 5.74) is 0. The highest BCUT2D eigenvalue weighted by Gasteiger charge is 1.90. The molecule has 1 aromatic rings. The average molecular weight is 302 g/mol. The van der Waals surface area contributed by atoms with Gasteiger partial charge in [-0.25, -0.2) is 0 Å². The lowest BCUT2D eigenvalue weighted by Crippen LogP contribution is -2.06. The van der Waals surface area contributed by atoms with Gasteiger partial charge in [-0.3, -0.25) is 0 Å². The Morgan fingerprint density at radius 2 is 1.93 bits per heavy atom. The van der Waals surface area contributed by atoms with Crippen molar-refractivity contribution in [3.63, 3.8) is 0 Å². The molecule has 0 aliphatic heterocycles. The minimum atomic E-state index is 0.473. The summed E-state index contributed by atoms with van der Waals surface area (Å²) >= 11 is 1.99. The van der Waals surface area contributed by atoms with Gasteiger partial charge < -0.3 is 9.47 Å². The predicted octanol–water partition coefficient (Wildman–Crippen LogP) is 2.48. The van der Waals surface area contributed by atoms with Crippen molar-refractivity contribution >= 4 is 22.6 Å². The molecule has 1 aromatic carbocycles. The van der Waals surface area contributed by atoms with Crippen LogP contribution < -0.4 is 4.74 Å². The van der Waals surface area contributed by atoms with Crippen LogP contribution in [-0.4, -0.2) is 19.8 Å². The van der Waals surface area contributed by atoms with Crippen molar-refractivity contribution in [2.45, 2.75) is 0 Å². The Morgan fingerprint density at radius 1 is 1.14 bits per heavy atom. The highest BCUT2D eigenvalue weighted by Crippen LogP contribution is 2.07. The number of rotatable bonds is 5. The number of hydrogen-bond acceptors (Lipinski definition) is 2. The van der Waals surface area contributed by atoms with Gasteiger partial charge in [0.15, 0.2) is 0 Å². The van der Waals surface area contributed by atoms with Crippen LogP contribution in [0.25, 0.3) is 0 Å². The van der Waals surface area contributed by atoms with Crippen LogP contribution in [-0.2, 0) is 4.74 Å². The molecule has 0 saturated carbocycles. The zero-order valence-electron chi connectivity index (χ0n) is 7.70. The third kappa shape index (κ3) is 5.10. The van der Waals surface area contributed by atoms with Gasteiger partial charge in [-0.2, -0.15) is 0 Å². The molecule has 0 aliphatic carbocycles. The largest absolute Gasteiger partial charge is 0.491 e. The first-order valence-electron chi connectivity index (χ1n) is 4.27. The Labute approximate surface area is 97.7 Å². The van der Waals surface area contributed by atoms with Crippen molar-refractivity contribution < 1.29 is 9.47 Å². The molecule has 14 heavy (non-hydrogen) atoms. The fourth-order valence-corrected chi connectivity index (χ4v) is 1.04. The van der Waals surface area contributed by atoms with Crippen molar-refractivity contribution in [2.24, 2.45) is 0 Å². The molecule has 0 radical (unpaired) electrons. The summed E-state index contributed by atoms with van der Waals surface area (Å²) in [4.78, 5) is 0. The van der Waals surface area contributed by atoms with Crippen molar-refractivity contribution in [3.8, 4) is 15.6 Å². The molecule has 2 nitrogen and oxygen atoms in total. The quantitative estimate of drug-likeness (QED) is 0.473. The number of halogens is 1. The topological polar surface area (TPSA) is 18.5 Å². The molecule has 0 N–H and O–H groups in total. The lowest BCUT2D eigenvalue weighted by molar-refractivity contribution is 0.124. The second kappa shape index (κ2) is 7.65. The summed E-state index contributed by atoms with van der Waals surface area (Å²) in [5, 5.41) is 0. The van der Waals surface area contributed by atoms with E-state index in [1.54, 1.807) is 0 Å². The Balaban J connectivity index is 2.06. The normalized spacial score (nSPS) is 8.93. The van der Waals surface area contributed by atoms with Gasteiger partial charge in [0.1, 0.15) is 19.0 Å². The molecular weight excluding hydrogens is 291 g/mol. The fraction of sp³-hybridized carbons (Fsp3) is 0.273. The summed E-state index contributed by atoms with van der Waals surface area (Å²) in [6.07, 6.45) is 0. The van der Waals surface area contributed by atoms with Gasteiger partial charge in [0.05, 0.1) is 6.61 Å². The maximum absolute atomic E-state index is 5.41. The maximum atomic E-state index is 5.41. The van der Waals surface area contributed by atoms with Crippen LogP contribution in [0.3, 0.4) is 0 Å². The second-order valence-corrected chi connectivity index (χ2v) is 3.02. The maximum Gasteiger partial charge on any atom is 0.119 e. The minimum absolute atomic E-state index is 0.473. The van der Waals surface area contributed by atoms with E-state index >= 15 is 0 Å². The predicted molar refractivity (Wildman–Crippen MR) is 64.6 cm³/mol. The van der Waals surface area contributed by atoms with E-state index in [9.17, 15) is 0 Å². The Bertz CT molecular complexity index is 300. The highest BCUT2D eigenvalue weighted by molar-refractivity contribution is 14.1. The smallest absolute Gasteiger partial charge is 0.119 e. The van der Waals surface area contributed by atoms with Gasteiger partial charge in [-0.1, -0.05) is 24.1 Å². The molecule has 1 rings (SSSR count). The van der Waals surface area contributed by atoms with Crippen LogP contribution >= 0.6 is 22.6 Å². The third-order valence-corrected chi connectivity index (χ3v) is 1.86. The highest BCUT2D eigenvalue weighted by atomic mass is 127. The van der Waals surface area contributed by atoms with E-state index in [1.807, 2.05) is 52.9 Å². The van der Waals surface area contributed by atoms with Gasteiger partial charge in [0.25, 0.3) is 0 Å². The molecule has 0 aliphatic rings. The summed E-state index contributed by atoms with van der Waals surface area (Å²) in [6, 6.07) is 9.68. The first-order chi connectivity index (χ1) is 6.93. The van der Waals surface area contributed by atoms with Crippen LogP contribution in [0, 0.1) is 9.85 Å². The molecule has 0 saturated heterocycles. The van der Waals surface area contributed by atoms with Crippen LogP contribution in [0.5, 0.6) is 5.75 Å². The van der Waals surface area contributed by atoms with E-state index in [0.29, 0.717) is 19.8 Å². The zero-order chi connectivity index (χ0) is 10.1. The van der Waals surface area contributed by atoms with Crippen molar-refractivity contribution in [3.05, 3.63) is 30.3 Å². The van der Waals surface area contributed by atoms with Crippen LogP contribution in [0.4, 0.5) is 0 Å². The Morgan fingerprint density at radius 3 is 2.64 bits per heavy atom. The van der Waals surface area contributed by atoms with Gasteiger partial charge in [0.2, 0.25) is 0 Å². The van der Waals surface area contributed by atoms with Crippen LogP contribution in [0.15, 0.2) is 30.3 Å². The molecule has 0 unspecified atom stereocenters. The zero-order valence-corrected chi connectivity index (χ0v) is 9.86. The number of hydrogen-bond donors (Lipinski definition) is 0. The lowest BCUT2D eigenvalue weighted by Gasteiger charge is -2.04. The van der Waals surface area contributed by atoms with Gasteiger partial charge in [-0.05, 0) is 16.1 Å². The monoisotopic (exact) mass is 302 g/mol. The summed E-state index contributed by atoms with van der Waals surface area (Å²) in [5.74, 6) is 3.68. The van der Waals surface area contributed by atoms with Crippen LogP contribution in [0.1, 0.15) is 0 Å². The second-order valence-electron chi connectivity index (χ2n) is 2.49. The minimum Gasteiger partial charge on any atom is -0.491 e. The molecule has 74 valence electrons. The van der Waals surface area contributed by atoms with E-state index < -0.39 is 0 Å². The van der Waals surface area contributed by atoms with E-state index in [1.165, 1.54) is 0 Å². The van der Waals surface area contributed by atoms with Crippen molar-refractivity contribution in [1.29, 1.82) is 0 Å². The van der Waals surface area contributed by atoms with E-state index in [-0.39, 0.29) is 0 Å². The average Bonchev–Trinajstić information content (AvgIpc) is 2.25. The molecule has 0 spiro atoms. The standard InChI is InChI=1S/C11H11IO2/c12-7-4-8-13-9-10-14-11-5-2-1-3-6-11/h1-3,5-6H,8-10H2. The molecule has 0 aromatic heterocycles. The Hall–Kier alpha value is -0.730. The fourth-order valence-electron chi connectivity index (χ4n) is 0.886. The molecule has 0 heterocycles. The first-order valence-corrected chi connectivity index (χ1v) is 5.35. The third-order valence-electron chi connectivity index (χ3n) is 1.48. The summed E-state index contributed by atoms with van der Waals surface area (Å²) < 4.78 is 13.3. The van der Waals surface area contributed by atoms with Crippen LogP contribution in [0.2, 0.25) is 0 Å². The number of para-hydroxylation sites is 1. The number of ether oxygens (including phenoxy) is 2. The van der Waals surface area contributed by atoms with E-state index in [4.69, 9.17) is 9.47 Å². The summed E-state index contributed by atoms with van der Waals surface area (Å²) in [6.45, 7) is 1.61. The lowest BCUT2D eigenvalue weighted by atomic mass is 10.3. The van der Waals surface area contributed by atoms with Crippen molar-refractivity contribution in [1.82, 2.24) is 0 Å². The van der Waals surface area contributed by atoms with Gasteiger partial charge >= 0.3 is 0 Å². The Kier molecular flexibility index (Phi) is 6.20. The van der Waals surface area contributed by atoms with Gasteiger partial charge in [0, 0.05) is 22.6 Å². The summed E-state index contributed by atoms with van der Waals surface area (Å²) in [7, 11) is 0. The molecule has 3 heteroatoms. The molecule has 0 bridgehead atoms. The molecule has 0 atom stereocenters. The SMILES string of the molecule is IC#CCOCCOc1ccccc1. The van der Waals surface area contributed by atoms with Crippen molar-refractivity contribution in [2.75, 3.05) is 19.8 Å². The number of benzene rings is 1. The van der Waals surface area contributed by atoms with Gasteiger partial charge in [-0.15, -0.1) is 0 Å². The van der Waals surface area contributed by atoms with E-state index in [0.717, 1.165) is 5.75 Å². The molecule has 0 fully saturated rings. The molecule has 0 amide bonds. The molecular formula is C11H11IO2. The van der Waals surface area contributed by atoms with E-state index in [2.05, 4.69) is 9.85 Å².